The molecule has 5 nitrogen and oxygen atoms in total. The van der Waals surface area contributed by atoms with E-state index < -0.39 is 5.91 Å². The molecule has 0 atom stereocenters. The van der Waals surface area contributed by atoms with Crippen molar-refractivity contribution in [2.75, 3.05) is 9.91 Å². The summed E-state index contributed by atoms with van der Waals surface area (Å²) in [7, 11) is 0. The van der Waals surface area contributed by atoms with Gasteiger partial charge in [0.05, 0.1) is 17.9 Å². The van der Waals surface area contributed by atoms with Crippen molar-refractivity contribution in [3.8, 4) is 0 Å². The van der Waals surface area contributed by atoms with Crippen molar-refractivity contribution in [1.29, 1.82) is 0 Å². The van der Waals surface area contributed by atoms with Crippen LogP contribution in [-0.2, 0) is 16.1 Å². The zero-order valence-electron chi connectivity index (χ0n) is 15.4. The van der Waals surface area contributed by atoms with Crippen LogP contribution in [0.4, 0.5) is 11.4 Å². The quantitative estimate of drug-likeness (QED) is 0.654. The van der Waals surface area contributed by atoms with E-state index in [2.05, 4.69) is 0 Å². The first-order valence-corrected chi connectivity index (χ1v) is 9.04. The first-order chi connectivity index (χ1) is 13.6. The molecule has 0 unspecified atom stereocenters. The summed E-state index contributed by atoms with van der Waals surface area (Å²) in [6.07, 6.45) is 0. The van der Waals surface area contributed by atoms with Gasteiger partial charge in [-0.25, -0.2) is 4.90 Å². The third kappa shape index (κ3) is 3.30. The molecule has 5 heteroatoms. The fourth-order valence-electron chi connectivity index (χ4n) is 3.27. The van der Waals surface area contributed by atoms with Gasteiger partial charge in [0.1, 0.15) is 0 Å². The maximum atomic E-state index is 13.0. The van der Waals surface area contributed by atoms with Crippen LogP contribution in [-0.4, -0.2) is 17.5 Å². The monoisotopic (exact) mass is 369 g/mol. The Hall–Kier alpha value is -3.73. The van der Waals surface area contributed by atoms with Crippen LogP contribution < -0.4 is 9.91 Å². The summed E-state index contributed by atoms with van der Waals surface area (Å²) < 4.78 is 0. The summed E-state index contributed by atoms with van der Waals surface area (Å²) in [5, 5.41) is 6.50. The molecular weight excluding hydrogens is 350 g/mol. The number of imide groups is 1. The van der Waals surface area contributed by atoms with Crippen molar-refractivity contribution in [2.45, 2.75) is 13.5 Å². The lowest BCUT2D eigenvalue weighted by molar-refractivity contribution is -0.121. The number of hydrogen-bond acceptors (Lipinski definition) is 4. The number of hydrazone groups is 1. The molecule has 0 bridgehead atoms. The van der Waals surface area contributed by atoms with Crippen LogP contribution in [0.25, 0.3) is 0 Å². The Balaban J connectivity index is 1.80. The normalized spacial score (nSPS) is 14.2. The Kier molecular flexibility index (Phi) is 4.72. The van der Waals surface area contributed by atoms with Gasteiger partial charge in [-0.1, -0.05) is 66.7 Å². The molecule has 0 saturated heterocycles. The molecule has 3 aromatic rings. The SMILES string of the molecule is CC(=O)N1C(=O)C(=NN(Cc2ccccc2)c2ccccc2)c2ccccc21. The molecule has 0 N–H and O–H groups in total. The number of carbonyl (C=O) groups excluding carboxylic acids is 2. The molecule has 0 aliphatic carbocycles. The van der Waals surface area contributed by atoms with Crippen molar-refractivity contribution < 1.29 is 9.59 Å². The Morgan fingerprint density at radius 1 is 0.893 bits per heavy atom. The predicted molar refractivity (Wildman–Crippen MR) is 110 cm³/mol. The number of para-hydroxylation sites is 2. The lowest BCUT2D eigenvalue weighted by Gasteiger charge is -2.20. The fraction of sp³-hybridized carbons (Fsp3) is 0.0870. The summed E-state index contributed by atoms with van der Waals surface area (Å²) in [5.74, 6) is -0.723. The number of rotatable bonds is 4. The van der Waals surface area contributed by atoms with E-state index in [9.17, 15) is 9.59 Å². The molecule has 28 heavy (non-hydrogen) atoms. The lowest BCUT2D eigenvalue weighted by atomic mass is 10.1. The zero-order chi connectivity index (χ0) is 19.5. The molecule has 0 fully saturated rings. The van der Waals surface area contributed by atoms with Gasteiger partial charge in [-0.2, -0.15) is 5.10 Å². The van der Waals surface area contributed by atoms with Gasteiger partial charge in [-0.3, -0.25) is 14.6 Å². The van der Waals surface area contributed by atoms with Crippen LogP contribution in [0, 0.1) is 0 Å². The fourth-order valence-corrected chi connectivity index (χ4v) is 3.27. The number of anilines is 2. The van der Waals surface area contributed by atoms with E-state index in [0.717, 1.165) is 11.3 Å². The molecule has 2 amide bonds. The van der Waals surface area contributed by atoms with Gasteiger partial charge in [-0.05, 0) is 23.8 Å². The first kappa shape index (κ1) is 17.7. The number of carbonyl (C=O) groups is 2. The summed E-state index contributed by atoms with van der Waals surface area (Å²) in [6, 6.07) is 26.9. The van der Waals surface area contributed by atoms with Crippen molar-refractivity contribution in [1.82, 2.24) is 0 Å². The standard InChI is InChI=1S/C23H19N3O2/c1-17(27)26-21-15-9-8-14-20(21)22(23(26)28)24-25(19-12-6-3-7-13-19)16-18-10-4-2-5-11-18/h2-15H,16H2,1H3. The summed E-state index contributed by atoms with van der Waals surface area (Å²) in [5.41, 5.74) is 3.44. The van der Waals surface area contributed by atoms with Crippen LogP contribution in [0.5, 0.6) is 0 Å². The molecule has 0 radical (unpaired) electrons. The van der Waals surface area contributed by atoms with E-state index in [-0.39, 0.29) is 11.6 Å². The zero-order valence-corrected chi connectivity index (χ0v) is 15.4. The largest absolute Gasteiger partial charge is 0.286 e. The van der Waals surface area contributed by atoms with Gasteiger partial charge in [-0.15, -0.1) is 0 Å². The van der Waals surface area contributed by atoms with E-state index in [4.69, 9.17) is 5.10 Å². The number of amides is 2. The Labute approximate surface area is 163 Å². The van der Waals surface area contributed by atoms with Crippen LogP contribution in [0.3, 0.4) is 0 Å². The van der Waals surface area contributed by atoms with E-state index in [0.29, 0.717) is 17.8 Å². The van der Waals surface area contributed by atoms with Crippen LogP contribution in [0.15, 0.2) is 90.0 Å². The Morgan fingerprint density at radius 3 is 2.18 bits per heavy atom. The third-order valence-electron chi connectivity index (χ3n) is 4.57. The average molecular weight is 369 g/mol. The van der Waals surface area contributed by atoms with Gasteiger partial charge in [0.25, 0.3) is 5.91 Å². The maximum Gasteiger partial charge on any atom is 0.286 e. The second kappa shape index (κ2) is 7.48. The average Bonchev–Trinajstić information content (AvgIpc) is 3.00. The number of hydrogen-bond donors (Lipinski definition) is 0. The van der Waals surface area contributed by atoms with E-state index in [1.165, 1.54) is 11.8 Å². The summed E-state index contributed by atoms with van der Waals surface area (Å²) in [4.78, 5) is 26.2. The maximum absolute atomic E-state index is 13.0. The van der Waals surface area contributed by atoms with E-state index in [1.54, 1.807) is 11.1 Å². The molecular formula is C23H19N3O2. The van der Waals surface area contributed by atoms with Crippen molar-refractivity contribution >= 4 is 28.9 Å². The molecule has 0 spiro atoms. The van der Waals surface area contributed by atoms with E-state index >= 15 is 0 Å². The second-order valence-corrected chi connectivity index (χ2v) is 6.50. The van der Waals surface area contributed by atoms with Gasteiger partial charge < -0.3 is 0 Å². The smallest absolute Gasteiger partial charge is 0.274 e. The van der Waals surface area contributed by atoms with Crippen molar-refractivity contribution in [2.24, 2.45) is 5.10 Å². The second-order valence-electron chi connectivity index (χ2n) is 6.50. The number of fused-ring (bicyclic) bond motifs is 1. The highest BCUT2D eigenvalue weighted by Gasteiger charge is 2.37. The van der Waals surface area contributed by atoms with Crippen LogP contribution >= 0.6 is 0 Å². The Bertz CT molecular complexity index is 1050. The Morgan fingerprint density at radius 2 is 1.50 bits per heavy atom. The highest BCUT2D eigenvalue weighted by Crippen LogP contribution is 2.30. The van der Waals surface area contributed by atoms with Crippen molar-refractivity contribution in [3.63, 3.8) is 0 Å². The minimum absolute atomic E-state index is 0.269. The molecule has 3 aromatic carbocycles. The predicted octanol–water partition coefficient (Wildman–Crippen LogP) is 3.99. The third-order valence-corrected chi connectivity index (χ3v) is 4.57. The van der Waals surface area contributed by atoms with Gasteiger partial charge in [0.2, 0.25) is 5.91 Å². The summed E-state index contributed by atoms with van der Waals surface area (Å²) in [6.45, 7) is 1.89. The highest BCUT2D eigenvalue weighted by atomic mass is 16.2. The van der Waals surface area contributed by atoms with Gasteiger partial charge >= 0.3 is 0 Å². The molecule has 0 aromatic heterocycles. The molecule has 4 rings (SSSR count). The molecule has 1 aliphatic rings. The highest BCUT2D eigenvalue weighted by molar-refractivity contribution is 6.58. The minimum atomic E-state index is -0.400. The molecule has 138 valence electrons. The van der Waals surface area contributed by atoms with Gasteiger partial charge in [0.15, 0.2) is 5.71 Å². The molecule has 1 aliphatic heterocycles. The van der Waals surface area contributed by atoms with Crippen molar-refractivity contribution in [3.05, 3.63) is 96.1 Å². The number of nitrogens with zero attached hydrogens (tertiary/aromatic N) is 3. The lowest BCUT2D eigenvalue weighted by Crippen LogP contribution is -2.35. The molecule has 1 heterocycles. The van der Waals surface area contributed by atoms with Crippen LogP contribution in [0.1, 0.15) is 18.1 Å². The number of benzene rings is 3. The topological polar surface area (TPSA) is 53.0 Å². The van der Waals surface area contributed by atoms with Gasteiger partial charge in [0, 0.05) is 12.5 Å². The van der Waals surface area contributed by atoms with E-state index in [1.807, 2.05) is 78.9 Å². The van der Waals surface area contributed by atoms with Crippen LogP contribution in [0.2, 0.25) is 0 Å². The summed E-state index contributed by atoms with van der Waals surface area (Å²) >= 11 is 0. The minimum Gasteiger partial charge on any atom is -0.274 e. The first-order valence-electron chi connectivity index (χ1n) is 9.04. The molecule has 0 saturated carbocycles.